The van der Waals surface area contributed by atoms with Crippen molar-refractivity contribution in [2.75, 3.05) is 20.1 Å². The number of aryl methyl sites for hydroxylation is 4. The van der Waals surface area contributed by atoms with E-state index in [2.05, 4.69) is 27.5 Å². The van der Waals surface area contributed by atoms with E-state index >= 15 is 0 Å². The first-order valence-electron chi connectivity index (χ1n) is 9.64. The second-order valence-electron chi connectivity index (χ2n) is 6.54. The van der Waals surface area contributed by atoms with Crippen molar-refractivity contribution < 1.29 is 0 Å². The van der Waals surface area contributed by atoms with E-state index in [9.17, 15) is 0 Å². The molecule has 0 saturated carbocycles. The predicted octanol–water partition coefficient (Wildman–Crippen LogP) is 3.38. The Morgan fingerprint density at radius 1 is 1.12 bits per heavy atom. The lowest BCUT2D eigenvalue weighted by Gasteiger charge is -2.10. The normalized spacial score (nSPS) is 14.3. The van der Waals surface area contributed by atoms with Crippen LogP contribution in [0.1, 0.15) is 51.6 Å². The zero-order valence-corrected chi connectivity index (χ0v) is 17.4. The van der Waals surface area contributed by atoms with Gasteiger partial charge in [-0.25, -0.2) is 9.97 Å². The van der Waals surface area contributed by atoms with E-state index in [4.69, 9.17) is 4.98 Å². The van der Waals surface area contributed by atoms with Crippen LogP contribution in [0, 0.1) is 0 Å². The number of hydrogen-bond acceptors (Lipinski definition) is 5. The number of aliphatic imine (C=N–C) groups is 1. The third kappa shape index (κ3) is 5.51. The average molecular weight is 392 g/mol. The minimum atomic E-state index is 0.857. The first-order valence-corrected chi connectivity index (χ1v) is 11.3. The highest BCUT2D eigenvalue weighted by Gasteiger charge is 2.14. The van der Waals surface area contributed by atoms with Crippen LogP contribution in [0.5, 0.6) is 0 Å². The minimum absolute atomic E-state index is 0.857. The fourth-order valence-electron chi connectivity index (χ4n) is 3.09. The Morgan fingerprint density at radius 3 is 2.73 bits per heavy atom. The number of hydrogen-bond donors (Lipinski definition) is 2. The summed E-state index contributed by atoms with van der Waals surface area (Å²) in [7, 11) is 1.82. The Balaban J connectivity index is 1.33. The molecule has 2 aromatic heterocycles. The Hall–Kier alpha value is -1.47. The number of nitrogens with zero attached hydrogens (tertiary/aromatic N) is 3. The number of rotatable bonds is 8. The lowest BCUT2D eigenvalue weighted by molar-refractivity contribution is 0.678. The van der Waals surface area contributed by atoms with Crippen LogP contribution < -0.4 is 10.6 Å². The van der Waals surface area contributed by atoms with Gasteiger partial charge in [0.15, 0.2) is 5.96 Å². The van der Waals surface area contributed by atoms with Gasteiger partial charge in [-0.3, -0.25) is 4.99 Å². The van der Waals surface area contributed by atoms with Crippen LogP contribution in [-0.4, -0.2) is 36.1 Å². The molecular formula is C19H29N5S2. The maximum absolute atomic E-state index is 4.82. The summed E-state index contributed by atoms with van der Waals surface area (Å²) >= 11 is 3.73. The second kappa shape index (κ2) is 10.0. The van der Waals surface area contributed by atoms with Crippen molar-refractivity contribution in [3.63, 3.8) is 0 Å². The van der Waals surface area contributed by atoms with Gasteiger partial charge in [-0.15, -0.1) is 22.7 Å². The molecule has 0 unspecified atom stereocenters. The first kappa shape index (κ1) is 19.3. The zero-order chi connectivity index (χ0) is 18.2. The summed E-state index contributed by atoms with van der Waals surface area (Å²) in [4.78, 5) is 16.5. The summed E-state index contributed by atoms with van der Waals surface area (Å²) in [6, 6.07) is 0. The van der Waals surface area contributed by atoms with E-state index in [1.165, 1.54) is 51.1 Å². The van der Waals surface area contributed by atoms with Gasteiger partial charge in [0.2, 0.25) is 0 Å². The van der Waals surface area contributed by atoms with Gasteiger partial charge in [-0.05, 0) is 38.5 Å². The fraction of sp³-hybridized carbons (Fsp3) is 0.632. The van der Waals surface area contributed by atoms with Gasteiger partial charge >= 0.3 is 0 Å². The highest BCUT2D eigenvalue weighted by atomic mass is 32.1. The van der Waals surface area contributed by atoms with Gasteiger partial charge in [0.05, 0.1) is 15.7 Å². The highest BCUT2D eigenvalue weighted by Crippen LogP contribution is 2.27. The summed E-state index contributed by atoms with van der Waals surface area (Å²) < 4.78 is 0. The van der Waals surface area contributed by atoms with Gasteiger partial charge in [0.1, 0.15) is 0 Å². The smallest absolute Gasteiger partial charge is 0.190 e. The molecule has 0 bridgehead atoms. The third-order valence-corrected chi connectivity index (χ3v) is 6.97. The molecule has 2 aromatic rings. The van der Waals surface area contributed by atoms with E-state index in [0.29, 0.717) is 0 Å². The molecule has 0 saturated heterocycles. The summed E-state index contributed by atoms with van der Waals surface area (Å²) in [5.41, 5.74) is 1.37. The van der Waals surface area contributed by atoms with Gasteiger partial charge in [-0.2, -0.15) is 0 Å². The van der Waals surface area contributed by atoms with E-state index in [1.807, 2.05) is 24.6 Å². The highest BCUT2D eigenvalue weighted by molar-refractivity contribution is 7.11. The maximum Gasteiger partial charge on any atom is 0.190 e. The molecule has 26 heavy (non-hydrogen) atoms. The molecule has 0 atom stereocenters. The van der Waals surface area contributed by atoms with E-state index in [-0.39, 0.29) is 0 Å². The van der Waals surface area contributed by atoms with Crippen LogP contribution in [-0.2, 0) is 32.1 Å². The molecule has 142 valence electrons. The SMILES string of the molecule is CCc1cnc(CCNC(=NC)NCCCc2nc3c(s2)CCCC3)s1. The molecule has 0 radical (unpaired) electrons. The van der Waals surface area contributed by atoms with E-state index in [1.54, 1.807) is 11.3 Å². The number of thiazole rings is 2. The Kier molecular flexibility index (Phi) is 7.43. The average Bonchev–Trinajstić information content (AvgIpc) is 3.29. The number of fused-ring (bicyclic) bond motifs is 1. The Labute approximate surface area is 164 Å². The van der Waals surface area contributed by atoms with E-state index < -0.39 is 0 Å². The van der Waals surface area contributed by atoms with Crippen molar-refractivity contribution in [2.45, 2.75) is 58.3 Å². The maximum atomic E-state index is 4.82. The van der Waals surface area contributed by atoms with Crippen LogP contribution in [0.25, 0.3) is 0 Å². The quantitative estimate of drug-likeness (QED) is 0.411. The van der Waals surface area contributed by atoms with Crippen molar-refractivity contribution in [3.8, 4) is 0 Å². The van der Waals surface area contributed by atoms with Crippen LogP contribution in [0.4, 0.5) is 0 Å². The van der Waals surface area contributed by atoms with Gasteiger partial charge in [-0.1, -0.05) is 6.92 Å². The molecule has 1 aliphatic carbocycles. The first-order chi connectivity index (χ1) is 12.8. The Morgan fingerprint density at radius 2 is 1.96 bits per heavy atom. The van der Waals surface area contributed by atoms with Crippen molar-refractivity contribution in [3.05, 3.63) is 31.7 Å². The van der Waals surface area contributed by atoms with Crippen molar-refractivity contribution in [2.24, 2.45) is 4.99 Å². The fourth-order valence-corrected chi connectivity index (χ4v) is 5.15. The van der Waals surface area contributed by atoms with E-state index in [0.717, 1.165) is 44.7 Å². The molecule has 2 heterocycles. The standard InChI is InChI=1S/C19H29N5S2/c1-3-14-13-23-17(25-14)10-12-22-19(20-2)21-11-6-9-18-24-15-7-4-5-8-16(15)26-18/h13H,3-12H2,1-2H3,(H2,20,21,22). The van der Waals surface area contributed by atoms with Crippen LogP contribution in [0.2, 0.25) is 0 Å². The minimum Gasteiger partial charge on any atom is -0.356 e. The topological polar surface area (TPSA) is 62.2 Å². The Bertz CT molecular complexity index is 696. The molecule has 2 N–H and O–H groups in total. The number of aromatic nitrogens is 2. The molecule has 0 aliphatic heterocycles. The van der Waals surface area contributed by atoms with Crippen LogP contribution in [0.3, 0.4) is 0 Å². The zero-order valence-electron chi connectivity index (χ0n) is 15.8. The molecule has 0 spiro atoms. The van der Waals surface area contributed by atoms with Crippen LogP contribution >= 0.6 is 22.7 Å². The molecule has 0 amide bonds. The van der Waals surface area contributed by atoms with Crippen LogP contribution in [0.15, 0.2) is 11.2 Å². The summed E-state index contributed by atoms with van der Waals surface area (Å²) in [5, 5.41) is 9.27. The van der Waals surface area contributed by atoms with Crippen molar-refractivity contribution in [1.29, 1.82) is 0 Å². The molecule has 3 rings (SSSR count). The molecular weight excluding hydrogens is 362 g/mol. The molecule has 5 nitrogen and oxygen atoms in total. The number of guanidine groups is 1. The summed E-state index contributed by atoms with van der Waals surface area (Å²) in [5.74, 6) is 0.871. The largest absolute Gasteiger partial charge is 0.356 e. The lowest BCUT2D eigenvalue weighted by Crippen LogP contribution is -2.38. The predicted molar refractivity (Wildman–Crippen MR) is 112 cm³/mol. The van der Waals surface area contributed by atoms with Crippen molar-refractivity contribution in [1.82, 2.24) is 20.6 Å². The van der Waals surface area contributed by atoms with Gasteiger partial charge in [0, 0.05) is 48.9 Å². The lowest BCUT2D eigenvalue weighted by atomic mass is 10.0. The summed E-state index contributed by atoms with van der Waals surface area (Å²) in [6.07, 6.45) is 11.2. The molecule has 0 aromatic carbocycles. The second-order valence-corrected chi connectivity index (χ2v) is 8.91. The molecule has 7 heteroatoms. The van der Waals surface area contributed by atoms with Crippen molar-refractivity contribution >= 4 is 28.6 Å². The molecule has 1 aliphatic rings. The third-order valence-electron chi connectivity index (χ3n) is 4.55. The van der Waals surface area contributed by atoms with Gasteiger partial charge in [0.25, 0.3) is 0 Å². The monoisotopic (exact) mass is 391 g/mol. The molecule has 0 fully saturated rings. The summed E-state index contributed by atoms with van der Waals surface area (Å²) in [6.45, 7) is 3.94. The van der Waals surface area contributed by atoms with Gasteiger partial charge < -0.3 is 10.6 Å². The number of nitrogens with one attached hydrogen (secondary N) is 2.